The summed E-state index contributed by atoms with van der Waals surface area (Å²) in [6.07, 6.45) is 0. The molecule has 0 unspecified atom stereocenters. The lowest BCUT2D eigenvalue weighted by atomic mass is 10.1. The van der Waals surface area contributed by atoms with Crippen molar-refractivity contribution in [2.45, 2.75) is 0 Å². The van der Waals surface area contributed by atoms with Crippen LogP contribution in [0.25, 0.3) is 10.2 Å². The minimum Gasteiger partial charge on any atom is -0.345 e. The summed E-state index contributed by atoms with van der Waals surface area (Å²) in [6.45, 7) is 1.87. The second kappa shape index (κ2) is 7.12. The molecule has 0 atom stereocenters. The number of nitrogens with zero attached hydrogens (tertiary/aromatic N) is 4. The summed E-state index contributed by atoms with van der Waals surface area (Å²) in [5.41, 5.74) is 0.461. The van der Waals surface area contributed by atoms with Crippen LogP contribution in [-0.2, 0) is 0 Å². The van der Waals surface area contributed by atoms with Gasteiger partial charge in [-0.1, -0.05) is 11.3 Å². The summed E-state index contributed by atoms with van der Waals surface area (Å²) in [5.74, 6) is -1.53. The number of amides is 1. The second-order valence-corrected chi connectivity index (χ2v) is 7.32. The average molecular weight is 404 g/mol. The number of carbonyl (C=O) groups is 1. The third-order valence-corrected chi connectivity index (χ3v) is 5.63. The fraction of sp³-hybridized carbons (Fsp3) is 0.222. The number of hydrogen-bond donors (Lipinski definition) is 0. The molecule has 1 aliphatic rings. The normalized spacial score (nSPS) is 14.5. The van der Waals surface area contributed by atoms with E-state index in [0.29, 0.717) is 41.6 Å². The van der Waals surface area contributed by atoms with Crippen LogP contribution in [0, 0.1) is 21.7 Å². The number of thiazole rings is 1. The molecule has 28 heavy (non-hydrogen) atoms. The molecule has 1 aromatic heterocycles. The zero-order valence-electron chi connectivity index (χ0n) is 14.5. The Balaban J connectivity index is 1.45. The first kappa shape index (κ1) is 18.2. The summed E-state index contributed by atoms with van der Waals surface area (Å²) in [4.78, 5) is 30.6. The van der Waals surface area contributed by atoms with Gasteiger partial charge in [0.2, 0.25) is 0 Å². The highest BCUT2D eigenvalue weighted by atomic mass is 32.1. The van der Waals surface area contributed by atoms with E-state index < -0.39 is 16.6 Å². The Kier molecular flexibility index (Phi) is 4.63. The van der Waals surface area contributed by atoms with Gasteiger partial charge in [-0.25, -0.2) is 13.8 Å². The van der Waals surface area contributed by atoms with Gasteiger partial charge in [0.25, 0.3) is 11.6 Å². The summed E-state index contributed by atoms with van der Waals surface area (Å²) in [7, 11) is 0. The van der Waals surface area contributed by atoms with Crippen LogP contribution in [0.4, 0.5) is 19.6 Å². The lowest BCUT2D eigenvalue weighted by Crippen LogP contribution is -2.48. The second-order valence-electron chi connectivity index (χ2n) is 6.31. The van der Waals surface area contributed by atoms with Crippen molar-refractivity contribution in [2.75, 3.05) is 31.1 Å². The minimum absolute atomic E-state index is 0.0686. The SMILES string of the molecule is O=C(c1ccc([N+](=O)[O-])cc1)N1CCN(c2nc3c(F)cc(F)cc3s2)CC1. The highest BCUT2D eigenvalue weighted by molar-refractivity contribution is 7.22. The van der Waals surface area contributed by atoms with E-state index in [1.807, 2.05) is 4.90 Å². The molecule has 4 rings (SSSR count). The summed E-state index contributed by atoms with van der Waals surface area (Å²) in [6, 6.07) is 7.56. The fourth-order valence-electron chi connectivity index (χ4n) is 3.09. The molecule has 3 aromatic rings. The topological polar surface area (TPSA) is 79.6 Å². The molecule has 2 heterocycles. The lowest BCUT2D eigenvalue weighted by Gasteiger charge is -2.34. The van der Waals surface area contributed by atoms with Gasteiger partial charge >= 0.3 is 0 Å². The maximum absolute atomic E-state index is 13.9. The maximum Gasteiger partial charge on any atom is 0.269 e. The minimum atomic E-state index is -0.690. The van der Waals surface area contributed by atoms with Crippen molar-refractivity contribution in [3.05, 3.63) is 63.7 Å². The first-order valence-corrected chi connectivity index (χ1v) is 9.28. The Morgan fingerprint density at radius 2 is 1.79 bits per heavy atom. The maximum atomic E-state index is 13.9. The molecular weight excluding hydrogens is 390 g/mol. The predicted molar refractivity (Wildman–Crippen MR) is 101 cm³/mol. The van der Waals surface area contributed by atoms with Gasteiger partial charge in [-0.05, 0) is 18.2 Å². The molecule has 144 valence electrons. The van der Waals surface area contributed by atoms with Gasteiger partial charge in [-0.3, -0.25) is 14.9 Å². The van der Waals surface area contributed by atoms with Crippen LogP contribution >= 0.6 is 11.3 Å². The molecule has 7 nitrogen and oxygen atoms in total. The van der Waals surface area contributed by atoms with Crippen molar-refractivity contribution in [3.8, 4) is 0 Å². The third kappa shape index (κ3) is 3.38. The van der Waals surface area contributed by atoms with Crippen LogP contribution < -0.4 is 4.90 Å². The number of anilines is 1. The molecule has 0 N–H and O–H groups in total. The van der Waals surface area contributed by atoms with Crippen molar-refractivity contribution in [3.63, 3.8) is 0 Å². The molecule has 1 saturated heterocycles. The van der Waals surface area contributed by atoms with E-state index in [1.54, 1.807) is 4.90 Å². The van der Waals surface area contributed by atoms with E-state index in [0.717, 1.165) is 6.07 Å². The Hall–Kier alpha value is -3.14. The number of nitro benzene ring substituents is 1. The van der Waals surface area contributed by atoms with E-state index >= 15 is 0 Å². The monoisotopic (exact) mass is 404 g/mol. The summed E-state index contributed by atoms with van der Waals surface area (Å²) < 4.78 is 27.7. The van der Waals surface area contributed by atoms with Gasteiger partial charge in [0.05, 0.1) is 9.62 Å². The van der Waals surface area contributed by atoms with E-state index in [9.17, 15) is 23.7 Å². The van der Waals surface area contributed by atoms with E-state index in [1.165, 1.54) is 41.7 Å². The van der Waals surface area contributed by atoms with Crippen LogP contribution in [0.1, 0.15) is 10.4 Å². The molecule has 1 fully saturated rings. The van der Waals surface area contributed by atoms with Gasteiger partial charge < -0.3 is 9.80 Å². The van der Waals surface area contributed by atoms with Gasteiger partial charge in [-0.15, -0.1) is 0 Å². The lowest BCUT2D eigenvalue weighted by molar-refractivity contribution is -0.384. The first-order valence-electron chi connectivity index (χ1n) is 8.46. The number of benzene rings is 2. The number of rotatable bonds is 3. The molecule has 0 radical (unpaired) electrons. The van der Waals surface area contributed by atoms with Crippen molar-refractivity contribution in [2.24, 2.45) is 0 Å². The molecule has 1 amide bonds. The highest BCUT2D eigenvalue weighted by Gasteiger charge is 2.25. The van der Waals surface area contributed by atoms with Crippen molar-refractivity contribution in [1.82, 2.24) is 9.88 Å². The molecular formula is C18H14F2N4O3S. The number of nitro groups is 1. The average Bonchev–Trinajstić information content (AvgIpc) is 3.12. The van der Waals surface area contributed by atoms with Crippen LogP contribution in [-0.4, -0.2) is 46.9 Å². The first-order chi connectivity index (χ1) is 13.4. The summed E-state index contributed by atoms with van der Waals surface area (Å²) in [5, 5.41) is 11.3. The van der Waals surface area contributed by atoms with Gasteiger partial charge in [0.15, 0.2) is 10.9 Å². The van der Waals surface area contributed by atoms with Gasteiger partial charge in [-0.2, -0.15) is 0 Å². The molecule has 2 aromatic carbocycles. The van der Waals surface area contributed by atoms with Crippen LogP contribution in [0.3, 0.4) is 0 Å². The van der Waals surface area contributed by atoms with Crippen molar-refractivity contribution >= 4 is 38.3 Å². The molecule has 0 aliphatic carbocycles. The van der Waals surface area contributed by atoms with E-state index in [4.69, 9.17) is 0 Å². The Labute approximate surface area is 162 Å². The third-order valence-electron chi connectivity index (χ3n) is 4.56. The van der Waals surface area contributed by atoms with Crippen LogP contribution in [0.15, 0.2) is 36.4 Å². The molecule has 10 heteroatoms. The van der Waals surface area contributed by atoms with Gasteiger partial charge in [0, 0.05) is 49.9 Å². The highest BCUT2D eigenvalue weighted by Crippen LogP contribution is 2.31. The zero-order chi connectivity index (χ0) is 19.8. The van der Waals surface area contributed by atoms with E-state index in [2.05, 4.69) is 4.98 Å². The Morgan fingerprint density at radius 1 is 1.11 bits per heavy atom. The van der Waals surface area contributed by atoms with Crippen LogP contribution in [0.5, 0.6) is 0 Å². The predicted octanol–water partition coefficient (Wildman–Crippen LogP) is 3.45. The number of halogens is 2. The number of carbonyl (C=O) groups excluding carboxylic acids is 1. The van der Waals surface area contributed by atoms with Crippen molar-refractivity contribution < 1.29 is 18.5 Å². The van der Waals surface area contributed by atoms with Gasteiger partial charge in [0.1, 0.15) is 11.3 Å². The quantitative estimate of drug-likeness (QED) is 0.494. The standard InChI is InChI=1S/C18H14F2N4O3S/c19-12-9-14(20)16-15(10-12)28-18(21-16)23-7-5-22(6-8-23)17(25)11-1-3-13(4-2-11)24(26)27/h1-4,9-10H,5-8H2. The fourth-order valence-corrected chi connectivity index (χ4v) is 4.15. The zero-order valence-corrected chi connectivity index (χ0v) is 15.3. The smallest absolute Gasteiger partial charge is 0.269 e. The van der Waals surface area contributed by atoms with Crippen molar-refractivity contribution in [1.29, 1.82) is 0 Å². The largest absolute Gasteiger partial charge is 0.345 e. The number of fused-ring (bicyclic) bond motifs is 1. The molecule has 0 saturated carbocycles. The number of piperazine rings is 1. The Bertz CT molecular complexity index is 1060. The Morgan fingerprint density at radius 3 is 2.43 bits per heavy atom. The molecule has 0 bridgehead atoms. The number of hydrogen-bond acceptors (Lipinski definition) is 6. The number of non-ortho nitro benzene ring substituents is 1. The molecule has 1 aliphatic heterocycles. The number of aromatic nitrogens is 1. The molecule has 0 spiro atoms. The van der Waals surface area contributed by atoms with Crippen LogP contribution in [0.2, 0.25) is 0 Å². The summed E-state index contributed by atoms with van der Waals surface area (Å²) >= 11 is 1.21. The van der Waals surface area contributed by atoms with E-state index in [-0.39, 0.29) is 17.1 Å².